The fourth-order valence-electron chi connectivity index (χ4n) is 2.30. The first-order valence-electron chi connectivity index (χ1n) is 7.16. The van der Waals surface area contributed by atoms with E-state index in [-0.39, 0.29) is 24.5 Å². The highest BCUT2D eigenvalue weighted by atomic mass is 16.3. The van der Waals surface area contributed by atoms with E-state index in [1.54, 1.807) is 10.9 Å². The quantitative estimate of drug-likeness (QED) is 0.704. The van der Waals surface area contributed by atoms with Crippen molar-refractivity contribution in [2.45, 2.75) is 38.8 Å². The summed E-state index contributed by atoms with van der Waals surface area (Å²) in [5, 5.41) is 23.3. The van der Waals surface area contributed by atoms with Gasteiger partial charge in [-0.2, -0.15) is 0 Å². The summed E-state index contributed by atoms with van der Waals surface area (Å²) in [5.74, 6) is -0.110. The second kappa shape index (κ2) is 6.81. The molecule has 1 amide bonds. The van der Waals surface area contributed by atoms with Gasteiger partial charge in [0.05, 0.1) is 24.9 Å². The SMILES string of the molecule is CC(C)[C@@H](CO)NC(=O)c1cn(C2CCNCC2)nn1. The van der Waals surface area contributed by atoms with Crippen molar-refractivity contribution < 1.29 is 9.90 Å². The molecule has 0 aliphatic carbocycles. The van der Waals surface area contributed by atoms with E-state index in [1.165, 1.54) is 0 Å². The highest BCUT2D eigenvalue weighted by Gasteiger charge is 2.21. The zero-order valence-corrected chi connectivity index (χ0v) is 12.0. The Morgan fingerprint density at radius 1 is 1.55 bits per heavy atom. The molecule has 3 N–H and O–H groups in total. The smallest absolute Gasteiger partial charge is 0.273 e. The second-order valence-corrected chi connectivity index (χ2v) is 5.57. The molecule has 1 fully saturated rings. The van der Waals surface area contributed by atoms with E-state index >= 15 is 0 Å². The summed E-state index contributed by atoms with van der Waals surface area (Å²) in [5.41, 5.74) is 0.308. The monoisotopic (exact) mass is 281 g/mol. The molecule has 0 saturated carbocycles. The molecule has 1 atom stereocenters. The molecule has 2 heterocycles. The van der Waals surface area contributed by atoms with Gasteiger partial charge in [-0.05, 0) is 31.8 Å². The van der Waals surface area contributed by atoms with E-state index in [2.05, 4.69) is 20.9 Å². The number of hydrogen-bond acceptors (Lipinski definition) is 5. The van der Waals surface area contributed by atoms with Crippen LogP contribution < -0.4 is 10.6 Å². The van der Waals surface area contributed by atoms with E-state index in [1.807, 2.05) is 13.8 Å². The third-order valence-corrected chi connectivity index (χ3v) is 3.74. The number of nitrogens with one attached hydrogen (secondary N) is 2. The summed E-state index contributed by atoms with van der Waals surface area (Å²) >= 11 is 0. The number of aromatic nitrogens is 3. The molecule has 0 aromatic carbocycles. The standard InChI is InChI=1S/C13H23N5O2/c1-9(2)12(8-19)15-13(20)11-7-18(17-16-11)10-3-5-14-6-4-10/h7,9-10,12,14,19H,3-6,8H2,1-2H3,(H,15,20)/t12-/m1/s1. The first-order chi connectivity index (χ1) is 9.61. The van der Waals surface area contributed by atoms with Gasteiger partial charge in [0.1, 0.15) is 0 Å². The van der Waals surface area contributed by atoms with Crippen LogP contribution in [0, 0.1) is 5.92 Å². The number of aliphatic hydroxyl groups is 1. The first-order valence-corrected chi connectivity index (χ1v) is 7.16. The van der Waals surface area contributed by atoms with Gasteiger partial charge in [-0.3, -0.25) is 4.79 Å². The number of aliphatic hydroxyl groups excluding tert-OH is 1. The molecule has 1 aromatic rings. The summed E-state index contributed by atoms with van der Waals surface area (Å²) in [7, 11) is 0. The summed E-state index contributed by atoms with van der Waals surface area (Å²) in [6, 6.07) is 0.0515. The lowest BCUT2D eigenvalue weighted by Crippen LogP contribution is -2.41. The van der Waals surface area contributed by atoms with E-state index < -0.39 is 0 Å². The highest BCUT2D eigenvalue weighted by Crippen LogP contribution is 2.17. The molecule has 0 unspecified atom stereocenters. The third-order valence-electron chi connectivity index (χ3n) is 3.74. The lowest BCUT2D eigenvalue weighted by Gasteiger charge is -2.22. The molecule has 112 valence electrons. The molecule has 1 aliphatic heterocycles. The normalized spacial score (nSPS) is 18.2. The fourth-order valence-corrected chi connectivity index (χ4v) is 2.30. The Bertz CT molecular complexity index is 440. The molecular formula is C13H23N5O2. The van der Waals surface area contributed by atoms with Gasteiger partial charge in [0.15, 0.2) is 5.69 Å². The Morgan fingerprint density at radius 3 is 2.85 bits per heavy atom. The minimum absolute atomic E-state index is 0.0775. The van der Waals surface area contributed by atoms with Gasteiger partial charge >= 0.3 is 0 Å². The number of carbonyl (C=O) groups is 1. The van der Waals surface area contributed by atoms with Crippen molar-refractivity contribution in [1.82, 2.24) is 25.6 Å². The van der Waals surface area contributed by atoms with Crippen molar-refractivity contribution in [2.75, 3.05) is 19.7 Å². The Morgan fingerprint density at radius 2 is 2.25 bits per heavy atom. The number of rotatable bonds is 5. The minimum atomic E-state index is -0.280. The lowest BCUT2D eigenvalue weighted by molar-refractivity contribution is 0.0891. The maximum Gasteiger partial charge on any atom is 0.273 e. The number of amides is 1. The van der Waals surface area contributed by atoms with Crippen LogP contribution in [0.5, 0.6) is 0 Å². The van der Waals surface area contributed by atoms with Crippen molar-refractivity contribution in [3.63, 3.8) is 0 Å². The van der Waals surface area contributed by atoms with Crippen LogP contribution in [0.4, 0.5) is 0 Å². The molecule has 7 heteroatoms. The predicted molar refractivity (Wildman–Crippen MR) is 74.3 cm³/mol. The van der Waals surface area contributed by atoms with Gasteiger partial charge in [0.25, 0.3) is 5.91 Å². The second-order valence-electron chi connectivity index (χ2n) is 5.57. The number of piperidine rings is 1. The largest absolute Gasteiger partial charge is 0.394 e. The summed E-state index contributed by atoms with van der Waals surface area (Å²) in [6.07, 6.45) is 3.69. The summed E-state index contributed by atoms with van der Waals surface area (Å²) in [4.78, 5) is 12.1. The van der Waals surface area contributed by atoms with E-state index in [0.29, 0.717) is 11.7 Å². The molecule has 7 nitrogen and oxygen atoms in total. The van der Waals surface area contributed by atoms with Crippen LogP contribution in [0.25, 0.3) is 0 Å². The van der Waals surface area contributed by atoms with Crippen LogP contribution in [-0.4, -0.2) is 51.7 Å². The van der Waals surface area contributed by atoms with Gasteiger partial charge in [-0.1, -0.05) is 19.1 Å². The Balaban J connectivity index is 1.98. The predicted octanol–water partition coefficient (Wildman–Crippen LogP) is -0.0507. The molecule has 20 heavy (non-hydrogen) atoms. The molecule has 0 bridgehead atoms. The summed E-state index contributed by atoms with van der Waals surface area (Å²) < 4.78 is 1.78. The van der Waals surface area contributed by atoms with Gasteiger partial charge < -0.3 is 15.7 Å². The van der Waals surface area contributed by atoms with Crippen molar-refractivity contribution in [3.8, 4) is 0 Å². The molecule has 2 rings (SSSR count). The fraction of sp³-hybridized carbons (Fsp3) is 0.769. The number of nitrogens with zero attached hydrogens (tertiary/aromatic N) is 3. The van der Waals surface area contributed by atoms with Gasteiger partial charge in [0, 0.05) is 0 Å². The third kappa shape index (κ3) is 3.55. The Kier molecular flexibility index (Phi) is 5.08. The van der Waals surface area contributed by atoms with Crippen molar-refractivity contribution in [1.29, 1.82) is 0 Å². The van der Waals surface area contributed by atoms with Crippen molar-refractivity contribution in [2.24, 2.45) is 5.92 Å². The number of carbonyl (C=O) groups excluding carboxylic acids is 1. The van der Waals surface area contributed by atoms with Crippen LogP contribution in [0.3, 0.4) is 0 Å². The maximum absolute atomic E-state index is 12.1. The Labute approximate surface area is 118 Å². The molecule has 1 aromatic heterocycles. The molecule has 1 saturated heterocycles. The lowest BCUT2D eigenvalue weighted by atomic mass is 10.1. The Hall–Kier alpha value is -1.47. The van der Waals surface area contributed by atoms with Crippen molar-refractivity contribution >= 4 is 5.91 Å². The summed E-state index contributed by atoms with van der Waals surface area (Å²) in [6.45, 7) is 5.75. The molecule has 1 aliphatic rings. The first kappa shape index (κ1) is 14.9. The van der Waals surface area contributed by atoms with E-state index in [9.17, 15) is 9.90 Å². The van der Waals surface area contributed by atoms with Gasteiger partial charge in [-0.15, -0.1) is 5.10 Å². The van der Waals surface area contributed by atoms with Gasteiger partial charge in [0.2, 0.25) is 0 Å². The zero-order valence-electron chi connectivity index (χ0n) is 12.0. The van der Waals surface area contributed by atoms with Crippen LogP contribution in [0.2, 0.25) is 0 Å². The molecule has 0 radical (unpaired) electrons. The maximum atomic E-state index is 12.1. The van der Waals surface area contributed by atoms with Gasteiger partial charge in [-0.25, -0.2) is 4.68 Å². The average molecular weight is 281 g/mol. The molecule has 0 spiro atoms. The zero-order chi connectivity index (χ0) is 14.5. The van der Waals surface area contributed by atoms with Crippen LogP contribution >= 0.6 is 0 Å². The van der Waals surface area contributed by atoms with Crippen LogP contribution in [-0.2, 0) is 0 Å². The molecular weight excluding hydrogens is 258 g/mol. The van der Waals surface area contributed by atoms with E-state index in [4.69, 9.17) is 0 Å². The topological polar surface area (TPSA) is 92.1 Å². The number of hydrogen-bond donors (Lipinski definition) is 3. The van der Waals surface area contributed by atoms with Crippen LogP contribution in [0.15, 0.2) is 6.20 Å². The van der Waals surface area contributed by atoms with Crippen molar-refractivity contribution in [3.05, 3.63) is 11.9 Å². The van der Waals surface area contributed by atoms with Crippen LogP contribution in [0.1, 0.15) is 43.2 Å². The minimum Gasteiger partial charge on any atom is -0.394 e. The average Bonchev–Trinajstić information content (AvgIpc) is 2.95. The van der Waals surface area contributed by atoms with E-state index in [0.717, 1.165) is 25.9 Å². The highest BCUT2D eigenvalue weighted by molar-refractivity contribution is 5.92.